The van der Waals surface area contributed by atoms with E-state index in [1.165, 1.54) is 19.4 Å². The molecule has 0 aromatic rings. The smallest absolute Gasteiger partial charge is 0.0469 e. The normalized spacial score (nSPS) is 19.3. The summed E-state index contributed by atoms with van der Waals surface area (Å²) in [6.45, 7) is 10.0. The first-order valence-corrected chi connectivity index (χ1v) is 6.44. The molecule has 16 heavy (non-hydrogen) atoms. The molecule has 96 valence electrons. The van der Waals surface area contributed by atoms with Gasteiger partial charge in [-0.1, -0.05) is 13.8 Å². The summed E-state index contributed by atoms with van der Waals surface area (Å²) in [4.78, 5) is 2.48. The Labute approximate surface area is 101 Å². The maximum Gasteiger partial charge on any atom is 0.0469 e. The minimum Gasteiger partial charge on any atom is -0.381 e. The molecule has 0 aliphatic carbocycles. The molecule has 3 nitrogen and oxygen atoms in total. The Hall–Kier alpha value is -0.120. The van der Waals surface area contributed by atoms with Crippen molar-refractivity contribution in [3.05, 3.63) is 0 Å². The Morgan fingerprint density at radius 1 is 1.31 bits per heavy atom. The minimum absolute atomic E-state index is 0.356. The average Bonchev–Trinajstić information content (AvgIpc) is 2.17. The van der Waals surface area contributed by atoms with Crippen molar-refractivity contribution in [2.75, 3.05) is 46.9 Å². The monoisotopic (exact) mass is 228 g/mol. The summed E-state index contributed by atoms with van der Waals surface area (Å²) >= 11 is 0. The highest BCUT2D eigenvalue weighted by Crippen LogP contribution is 2.19. The maximum absolute atomic E-state index is 5.39. The van der Waals surface area contributed by atoms with Gasteiger partial charge >= 0.3 is 0 Å². The largest absolute Gasteiger partial charge is 0.381 e. The van der Waals surface area contributed by atoms with Crippen molar-refractivity contribution in [2.45, 2.75) is 26.7 Å². The van der Waals surface area contributed by atoms with Gasteiger partial charge in [0.2, 0.25) is 0 Å². The average molecular weight is 228 g/mol. The van der Waals surface area contributed by atoms with E-state index >= 15 is 0 Å². The van der Waals surface area contributed by atoms with Gasteiger partial charge in [0.25, 0.3) is 0 Å². The Balaban J connectivity index is 2.25. The second kappa shape index (κ2) is 6.58. The molecule has 3 heteroatoms. The minimum atomic E-state index is 0.356. The van der Waals surface area contributed by atoms with E-state index in [1.54, 1.807) is 0 Å². The molecule has 0 spiro atoms. The van der Waals surface area contributed by atoms with E-state index in [2.05, 4.69) is 31.1 Å². The van der Waals surface area contributed by atoms with Crippen LogP contribution in [0.2, 0.25) is 0 Å². The quantitative estimate of drug-likeness (QED) is 0.747. The van der Waals surface area contributed by atoms with Gasteiger partial charge in [-0.2, -0.15) is 0 Å². The molecule has 0 amide bonds. The third-order valence-corrected chi connectivity index (χ3v) is 3.26. The fraction of sp³-hybridized carbons (Fsp3) is 1.00. The fourth-order valence-corrected chi connectivity index (χ4v) is 2.70. The maximum atomic E-state index is 5.39. The van der Waals surface area contributed by atoms with Crippen molar-refractivity contribution >= 4 is 0 Å². The van der Waals surface area contributed by atoms with Crippen LogP contribution in [0.3, 0.4) is 0 Å². The van der Waals surface area contributed by atoms with E-state index in [-0.39, 0.29) is 0 Å². The zero-order chi connectivity index (χ0) is 12.0. The highest BCUT2D eigenvalue weighted by Gasteiger charge is 2.22. The van der Waals surface area contributed by atoms with Crippen LogP contribution in [0.5, 0.6) is 0 Å². The van der Waals surface area contributed by atoms with Crippen LogP contribution < -0.4 is 5.32 Å². The van der Waals surface area contributed by atoms with E-state index in [0.717, 1.165) is 32.2 Å². The number of hydrogen-bond donors (Lipinski definition) is 1. The number of hydrogen-bond acceptors (Lipinski definition) is 3. The van der Waals surface area contributed by atoms with Gasteiger partial charge in [0.1, 0.15) is 0 Å². The van der Waals surface area contributed by atoms with Crippen LogP contribution >= 0.6 is 0 Å². The SMILES string of the molecule is CNCC(C)(C)CN(C)CC1CCOCC1. The van der Waals surface area contributed by atoms with Crippen molar-refractivity contribution < 1.29 is 4.74 Å². The lowest BCUT2D eigenvalue weighted by Crippen LogP contribution is -2.40. The summed E-state index contributed by atoms with van der Waals surface area (Å²) in [6, 6.07) is 0. The topological polar surface area (TPSA) is 24.5 Å². The second-order valence-electron chi connectivity index (χ2n) is 5.95. The van der Waals surface area contributed by atoms with Gasteiger partial charge in [0.15, 0.2) is 0 Å². The Morgan fingerprint density at radius 3 is 2.50 bits per heavy atom. The summed E-state index contributed by atoms with van der Waals surface area (Å²) in [5, 5.41) is 3.27. The molecule has 1 saturated heterocycles. The van der Waals surface area contributed by atoms with E-state index in [4.69, 9.17) is 4.74 Å². The Bertz CT molecular complexity index is 188. The summed E-state index contributed by atoms with van der Waals surface area (Å²) < 4.78 is 5.39. The standard InChI is InChI=1S/C13H28N2O/c1-13(2,10-14-3)11-15(4)9-12-5-7-16-8-6-12/h12,14H,5-11H2,1-4H3. The second-order valence-corrected chi connectivity index (χ2v) is 5.95. The zero-order valence-electron chi connectivity index (χ0n) is 11.4. The van der Waals surface area contributed by atoms with Crippen LogP contribution in [0.15, 0.2) is 0 Å². The van der Waals surface area contributed by atoms with Crippen molar-refractivity contribution in [2.24, 2.45) is 11.3 Å². The van der Waals surface area contributed by atoms with Crippen LogP contribution in [0.25, 0.3) is 0 Å². The molecule has 0 aromatic heterocycles. The van der Waals surface area contributed by atoms with Gasteiger partial charge in [-0.3, -0.25) is 0 Å². The van der Waals surface area contributed by atoms with Crippen molar-refractivity contribution in [3.8, 4) is 0 Å². The lowest BCUT2D eigenvalue weighted by Gasteiger charge is -2.33. The summed E-state index contributed by atoms with van der Waals surface area (Å²) in [6.07, 6.45) is 2.47. The van der Waals surface area contributed by atoms with Gasteiger partial charge in [0, 0.05) is 32.8 Å². The molecule has 1 aliphatic heterocycles. The van der Waals surface area contributed by atoms with E-state index in [0.29, 0.717) is 5.41 Å². The number of rotatable bonds is 6. The van der Waals surface area contributed by atoms with Crippen molar-refractivity contribution in [1.29, 1.82) is 0 Å². The molecule has 1 aliphatic rings. The van der Waals surface area contributed by atoms with Crippen molar-refractivity contribution in [3.63, 3.8) is 0 Å². The van der Waals surface area contributed by atoms with Gasteiger partial charge in [-0.05, 0) is 38.3 Å². The molecule has 1 N–H and O–H groups in total. The number of nitrogens with one attached hydrogen (secondary N) is 1. The highest BCUT2D eigenvalue weighted by molar-refractivity contribution is 4.76. The molecule has 0 radical (unpaired) electrons. The molecule has 1 rings (SSSR count). The molecule has 0 unspecified atom stereocenters. The van der Waals surface area contributed by atoms with Crippen LogP contribution in [0, 0.1) is 11.3 Å². The number of ether oxygens (including phenoxy) is 1. The molecular formula is C13H28N2O. The van der Waals surface area contributed by atoms with Gasteiger partial charge in [0.05, 0.1) is 0 Å². The molecular weight excluding hydrogens is 200 g/mol. The van der Waals surface area contributed by atoms with E-state index in [1.807, 2.05) is 7.05 Å². The Morgan fingerprint density at radius 2 is 1.94 bits per heavy atom. The van der Waals surface area contributed by atoms with Crippen LogP contribution in [-0.4, -0.2) is 51.8 Å². The first-order valence-electron chi connectivity index (χ1n) is 6.44. The molecule has 1 heterocycles. The molecule has 0 atom stereocenters. The lowest BCUT2D eigenvalue weighted by molar-refractivity contribution is 0.0513. The van der Waals surface area contributed by atoms with Gasteiger partial charge < -0.3 is 15.0 Å². The first kappa shape index (κ1) is 13.9. The van der Waals surface area contributed by atoms with E-state index < -0.39 is 0 Å². The van der Waals surface area contributed by atoms with Crippen LogP contribution in [0.4, 0.5) is 0 Å². The zero-order valence-corrected chi connectivity index (χ0v) is 11.4. The summed E-state index contributed by atoms with van der Waals surface area (Å²) in [7, 11) is 4.27. The van der Waals surface area contributed by atoms with Crippen LogP contribution in [-0.2, 0) is 4.74 Å². The molecule has 1 fully saturated rings. The molecule has 0 saturated carbocycles. The highest BCUT2D eigenvalue weighted by atomic mass is 16.5. The Kier molecular flexibility index (Phi) is 5.73. The van der Waals surface area contributed by atoms with Gasteiger partial charge in [-0.15, -0.1) is 0 Å². The third kappa shape index (κ3) is 5.28. The first-order chi connectivity index (χ1) is 7.53. The van der Waals surface area contributed by atoms with Crippen molar-refractivity contribution in [1.82, 2.24) is 10.2 Å². The summed E-state index contributed by atoms with van der Waals surface area (Å²) in [5.41, 5.74) is 0.356. The molecule has 0 aromatic carbocycles. The van der Waals surface area contributed by atoms with Crippen LogP contribution in [0.1, 0.15) is 26.7 Å². The third-order valence-electron chi connectivity index (χ3n) is 3.26. The van der Waals surface area contributed by atoms with Gasteiger partial charge in [-0.25, -0.2) is 0 Å². The lowest BCUT2D eigenvalue weighted by atomic mass is 9.92. The summed E-state index contributed by atoms with van der Waals surface area (Å²) in [5.74, 6) is 0.837. The predicted molar refractivity (Wildman–Crippen MR) is 68.7 cm³/mol. The fourth-order valence-electron chi connectivity index (χ4n) is 2.70. The van der Waals surface area contributed by atoms with E-state index in [9.17, 15) is 0 Å². The molecule has 0 bridgehead atoms. The number of nitrogens with zero attached hydrogens (tertiary/aromatic N) is 1. The predicted octanol–water partition coefficient (Wildman–Crippen LogP) is 1.59.